The van der Waals surface area contributed by atoms with E-state index in [1.807, 2.05) is 0 Å². The molecular formula is C15H27N3OS. The summed E-state index contributed by atoms with van der Waals surface area (Å²) in [6.45, 7) is 15.8. The first-order valence-corrected chi connectivity index (χ1v) is 8.22. The summed E-state index contributed by atoms with van der Waals surface area (Å²) in [6, 6.07) is 0.306. The lowest BCUT2D eigenvalue weighted by Crippen LogP contribution is -2.54. The minimum atomic E-state index is 0.150. The number of ether oxygens (including phenoxy) is 1. The maximum atomic E-state index is 5.44. The Morgan fingerprint density at radius 1 is 1.35 bits per heavy atom. The molecule has 0 spiro atoms. The highest BCUT2D eigenvalue weighted by Crippen LogP contribution is 2.23. The van der Waals surface area contributed by atoms with Crippen molar-refractivity contribution in [1.29, 1.82) is 0 Å². The second-order valence-corrected chi connectivity index (χ2v) is 7.60. The molecular weight excluding hydrogens is 270 g/mol. The van der Waals surface area contributed by atoms with Crippen LogP contribution in [0, 0.1) is 13.8 Å². The molecule has 1 aromatic rings. The average Bonchev–Trinajstić information content (AvgIpc) is 2.76. The van der Waals surface area contributed by atoms with Crippen LogP contribution in [-0.2, 0) is 4.74 Å². The van der Waals surface area contributed by atoms with Crippen molar-refractivity contribution in [1.82, 2.24) is 15.2 Å². The predicted octanol–water partition coefficient (Wildman–Crippen LogP) is 2.52. The van der Waals surface area contributed by atoms with Crippen molar-refractivity contribution in [3.63, 3.8) is 0 Å². The Morgan fingerprint density at radius 2 is 2.00 bits per heavy atom. The van der Waals surface area contributed by atoms with Crippen LogP contribution in [0.15, 0.2) is 0 Å². The third kappa shape index (κ3) is 3.79. The van der Waals surface area contributed by atoms with Gasteiger partial charge >= 0.3 is 0 Å². The zero-order valence-corrected chi connectivity index (χ0v) is 14.1. The molecule has 1 saturated heterocycles. The maximum Gasteiger partial charge on any atom is 0.0900 e. The molecule has 1 aromatic heterocycles. The van der Waals surface area contributed by atoms with E-state index in [1.165, 1.54) is 10.6 Å². The predicted molar refractivity (Wildman–Crippen MR) is 84.5 cm³/mol. The fourth-order valence-electron chi connectivity index (χ4n) is 2.73. The number of hydrogen-bond acceptors (Lipinski definition) is 5. The van der Waals surface area contributed by atoms with Crippen LogP contribution in [-0.4, -0.2) is 48.3 Å². The molecule has 4 nitrogen and oxygen atoms in total. The number of morpholine rings is 1. The summed E-state index contributed by atoms with van der Waals surface area (Å²) in [5.41, 5.74) is 1.35. The Kier molecular flexibility index (Phi) is 5.18. The lowest BCUT2D eigenvalue weighted by molar-refractivity contribution is -0.0102. The zero-order valence-electron chi connectivity index (χ0n) is 13.3. The van der Waals surface area contributed by atoms with E-state index in [4.69, 9.17) is 4.74 Å². The van der Waals surface area contributed by atoms with Crippen molar-refractivity contribution in [2.75, 3.05) is 32.8 Å². The Hall–Kier alpha value is -0.490. The van der Waals surface area contributed by atoms with Crippen LogP contribution in [0.25, 0.3) is 0 Å². The van der Waals surface area contributed by atoms with Crippen LogP contribution in [0.3, 0.4) is 0 Å². The van der Waals surface area contributed by atoms with E-state index >= 15 is 0 Å². The monoisotopic (exact) mass is 297 g/mol. The van der Waals surface area contributed by atoms with Crippen molar-refractivity contribution < 1.29 is 4.74 Å². The maximum absolute atomic E-state index is 5.44. The van der Waals surface area contributed by atoms with Gasteiger partial charge in [0.2, 0.25) is 0 Å². The van der Waals surface area contributed by atoms with Crippen molar-refractivity contribution in [2.24, 2.45) is 0 Å². The van der Waals surface area contributed by atoms with Crippen LogP contribution in [0.4, 0.5) is 0 Å². The molecule has 1 aliphatic rings. The second kappa shape index (κ2) is 6.52. The molecule has 1 aliphatic heterocycles. The van der Waals surface area contributed by atoms with Gasteiger partial charge in [0, 0.05) is 36.1 Å². The average molecular weight is 297 g/mol. The minimum Gasteiger partial charge on any atom is -0.379 e. The molecule has 0 aliphatic carbocycles. The molecule has 0 radical (unpaired) electrons. The van der Waals surface area contributed by atoms with E-state index in [-0.39, 0.29) is 5.54 Å². The van der Waals surface area contributed by atoms with Gasteiger partial charge in [-0.05, 0) is 34.6 Å². The van der Waals surface area contributed by atoms with Gasteiger partial charge in [-0.3, -0.25) is 4.90 Å². The highest BCUT2D eigenvalue weighted by atomic mass is 32.1. The van der Waals surface area contributed by atoms with Crippen LogP contribution < -0.4 is 5.32 Å². The summed E-state index contributed by atoms with van der Waals surface area (Å²) in [7, 11) is 0. The van der Waals surface area contributed by atoms with Crippen molar-refractivity contribution in [3.05, 3.63) is 15.6 Å². The molecule has 0 aromatic carbocycles. The Morgan fingerprint density at radius 3 is 2.55 bits per heavy atom. The fraction of sp³-hybridized carbons (Fsp3) is 0.800. The lowest BCUT2D eigenvalue weighted by Gasteiger charge is -2.41. The van der Waals surface area contributed by atoms with Crippen molar-refractivity contribution in [3.8, 4) is 0 Å². The number of hydrogen-bond donors (Lipinski definition) is 1. The molecule has 2 heterocycles. The Bertz CT molecular complexity index is 438. The SMILES string of the molecule is Cc1nc(C(C)NCC(C)(C)N2CCOCC2)c(C)s1. The van der Waals surface area contributed by atoms with Gasteiger partial charge in [-0.25, -0.2) is 4.98 Å². The van der Waals surface area contributed by atoms with Gasteiger partial charge in [0.15, 0.2) is 0 Å². The summed E-state index contributed by atoms with van der Waals surface area (Å²) in [5, 5.41) is 4.80. The molecule has 1 unspecified atom stereocenters. The second-order valence-electron chi connectivity index (χ2n) is 6.19. The van der Waals surface area contributed by atoms with Gasteiger partial charge in [0.25, 0.3) is 0 Å². The van der Waals surface area contributed by atoms with Gasteiger partial charge < -0.3 is 10.1 Å². The normalized spacial score (nSPS) is 19.2. The van der Waals surface area contributed by atoms with E-state index in [2.05, 4.69) is 49.8 Å². The third-order valence-electron chi connectivity index (χ3n) is 4.06. The zero-order chi connectivity index (χ0) is 14.8. The van der Waals surface area contributed by atoms with Crippen LogP contribution in [0.5, 0.6) is 0 Å². The molecule has 0 amide bonds. The largest absolute Gasteiger partial charge is 0.379 e. The summed E-state index contributed by atoms with van der Waals surface area (Å²) in [4.78, 5) is 8.48. The van der Waals surface area contributed by atoms with E-state index < -0.39 is 0 Å². The van der Waals surface area contributed by atoms with Gasteiger partial charge in [-0.15, -0.1) is 11.3 Å². The molecule has 1 fully saturated rings. The Balaban J connectivity index is 1.91. The van der Waals surface area contributed by atoms with Gasteiger partial charge in [0.05, 0.1) is 23.9 Å². The molecule has 1 atom stereocenters. The van der Waals surface area contributed by atoms with Gasteiger partial charge in [-0.1, -0.05) is 0 Å². The number of rotatable bonds is 5. The van der Waals surface area contributed by atoms with Crippen LogP contribution >= 0.6 is 11.3 Å². The summed E-state index contributed by atoms with van der Waals surface area (Å²) in [6.07, 6.45) is 0. The molecule has 0 bridgehead atoms. The molecule has 2 rings (SSSR count). The first-order valence-electron chi connectivity index (χ1n) is 7.40. The first kappa shape index (κ1) is 15.9. The van der Waals surface area contributed by atoms with Crippen LogP contribution in [0.2, 0.25) is 0 Å². The third-order valence-corrected chi connectivity index (χ3v) is 4.96. The molecule has 1 N–H and O–H groups in total. The number of nitrogens with zero attached hydrogens (tertiary/aromatic N) is 2. The summed E-state index contributed by atoms with van der Waals surface area (Å²) in [5.74, 6) is 0. The summed E-state index contributed by atoms with van der Waals surface area (Å²) < 4.78 is 5.44. The van der Waals surface area contributed by atoms with E-state index in [1.54, 1.807) is 11.3 Å². The quantitative estimate of drug-likeness (QED) is 0.906. The fourth-order valence-corrected chi connectivity index (χ4v) is 3.64. The molecule has 114 valence electrons. The van der Waals surface area contributed by atoms with Gasteiger partial charge in [0.1, 0.15) is 0 Å². The van der Waals surface area contributed by atoms with E-state index in [0.717, 1.165) is 37.9 Å². The van der Waals surface area contributed by atoms with Crippen molar-refractivity contribution >= 4 is 11.3 Å². The van der Waals surface area contributed by atoms with Crippen LogP contribution in [0.1, 0.15) is 42.4 Å². The van der Waals surface area contributed by atoms with Crippen molar-refractivity contribution in [2.45, 2.75) is 46.2 Å². The van der Waals surface area contributed by atoms with E-state index in [0.29, 0.717) is 6.04 Å². The molecule has 0 saturated carbocycles. The summed E-state index contributed by atoms with van der Waals surface area (Å²) >= 11 is 1.78. The molecule has 5 heteroatoms. The smallest absolute Gasteiger partial charge is 0.0900 e. The number of aryl methyl sites for hydroxylation is 2. The first-order chi connectivity index (χ1) is 9.40. The van der Waals surface area contributed by atoms with E-state index in [9.17, 15) is 0 Å². The highest BCUT2D eigenvalue weighted by Gasteiger charge is 2.28. The minimum absolute atomic E-state index is 0.150. The Labute approximate surface area is 126 Å². The molecule has 20 heavy (non-hydrogen) atoms. The highest BCUT2D eigenvalue weighted by molar-refractivity contribution is 7.11. The number of nitrogens with one attached hydrogen (secondary N) is 1. The van der Waals surface area contributed by atoms with Gasteiger partial charge in [-0.2, -0.15) is 0 Å². The lowest BCUT2D eigenvalue weighted by atomic mass is 10.0. The topological polar surface area (TPSA) is 37.4 Å². The number of thiazole rings is 1. The number of aromatic nitrogens is 1. The standard InChI is InChI=1S/C15H27N3OS/c1-11(14-12(2)20-13(3)17-14)16-10-15(4,5)18-6-8-19-9-7-18/h11,16H,6-10H2,1-5H3.